The van der Waals surface area contributed by atoms with Gasteiger partial charge in [-0.1, -0.05) is 25.1 Å². The van der Waals surface area contributed by atoms with Gasteiger partial charge in [0.25, 0.3) is 0 Å². The fraction of sp³-hybridized carbons (Fsp3) is 0.579. The summed E-state index contributed by atoms with van der Waals surface area (Å²) in [6.45, 7) is 6.38. The molecule has 1 aromatic carbocycles. The van der Waals surface area contributed by atoms with Crippen molar-refractivity contribution in [1.29, 1.82) is 0 Å². The van der Waals surface area contributed by atoms with Gasteiger partial charge in [0.05, 0.1) is 6.61 Å². The molecule has 0 spiro atoms. The average molecular weight is 383 g/mol. The Morgan fingerprint density at radius 3 is 2.69 bits per heavy atom. The van der Waals surface area contributed by atoms with Gasteiger partial charge in [0.1, 0.15) is 16.7 Å². The quantitative estimate of drug-likeness (QED) is 0.844. The van der Waals surface area contributed by atoms with Gasteiger partial charge >= 0.3 is 0 Å². The lowest BCUT2D eigenvalue weighted by Crippen LogP contribution is -2.49. The Hall–Kier alpha value is -1.41. The smallest absolute Gasteiger partial charge is 0.247 e. The summed E-state index contributed by atoms with van der Waals surface area (Å²) in [5, 5.41) is 9.59. The van der Waals surface area contributed by atoms with Crippen molar-refractivity contribution in [3.63, 3.8) is 0 Å². The molecule has 0 radical (unpaired) electrons. The summed E-state index contributed by atoms with van der Waals surface area (Å²) in [6.07, 6.45) is 3.65. The van der Waals surface area contributed by atoms with Crippen LogP contribution >= 0.6 is 0 Å². The fourth-order valence-electron chi connectivity index (χ4n) is 3.12. The zero-order chi connectivity index (χ0) is 19.5. The van der Waals surface area contributed by atoms with Crippen molar-refractivity contribution in [2.75, 3.05) is 33.8 Å². The lowest BCUT2D eigenvalue weighted by atomic mass is 10.0. The SMILES string of the molecule is C/C=C/c1ccc2c(c1)O[C@@H](CN(C)C)[C@@H](C)CN([C@@H](C)CO)S2(=O)=O. The minimum absolute atomic E-state index is 0.0281. The monoisotopic (exact) mass is 382 g/mol. The van der Waals surface area contributed by atoms with Crippen LogP contribution in [0.1, 0.15) is 26.3 Å². The standard InChI is InChI=1S/C19H30N2O4S/c1-6-7-16-8-9-19-17(10-16)25-18(12-20(4)5)14(2)11-21(15(3)13-22)26(19,23)24/h6-10,14-15,18,22H,11-13H2,1-5H3/b7-6+/t14-,15-,18-/m0/s1. The van der Waals surface area contributed by atoms with Crippen LogP contribution in [0.25, 0.3) is 6.08 Å². The molecule has 1 N–H and O–H groups in total. The van der Waals surface area contributed by atoms with Crippen molar-refractivity contribution < 1.29 is 18.3 Å². The molecule has 0 fully saturated rings. The van der Waals surface area contributed by atoms with Crippen LogP contribution in [0.15, 0.2) is 29.2 Å². The van der Waals surface area contributed by atoms with Crippen LogP contribution in [0.2, 0.25) is 0 Å². The molecule has 1 aliphatic rings. The molecule has 0 bridgehead atoms. The van der Waals surface area contributed by atoms with E-state index in [1.807, 2.05) is 45.0 Å². The molecule has 26 heavy (non-hydrogen) atoms. The molecule has 0 saturated heterocycles. The number of allylic oxidation sites excluding steroid dienone is 1. The maximum atomic E-state index is 13.2. The first kappa shape index (κ1) is 20.9. The Labute approximate surface area is 157 Å². The summed E-state index contributed by atoms with van der Waals surface area (Å²) >= 11 is 0. The van der Waals surface area contributed by atoms with E-state index < -0.39 is 16.1 Å². The van der Waals surface area contributed by atoms with Crippen molar-refractivity contribution in [2.45, 2.75) is 37.8 Å². The lowest BCUT2D eigenvalue weighted by Gasteiger charge is -2.37. The van der Waals surface area contributed by atoms with Gasteiger partial charge < -0.3 is 14.7 Å². The van der Waals surface area contributed by atoms with Gasteiger partial charge in [0, 0.05) is 25.0 Å². The number of aliphatic hydroxyl groups excluding tert-OH is 1. The second-order valence-corrected chi connectivity index (χ2v) is 9.07. The van der Waals surface area contributed by atoms with Crippen LogP contribution in [0.4, 0.5) is 0 Å². The minimum atomic E-state index is -3.76. The fourth-order valence-corrected chi connectivity index (χ4v) is 4.94. The van der Waals surface area contributed by atoms with E-state index in [-0.39, 0.29) is 23.5 Å². The number of rotatable bonds is 5. The van der Waals surface area contributed by atoms with Gasteiger partial charge in [-0.25, -0.2) is 8.42 Å². The molecule has 1 heterocycles. The third-order valence-electron chi connectivity index (χ3n) is 4.60. The van der Waals surface area contributed by atoms with Crippen molar-refractivity contribution in [3.8, 4) is 5.75 Å². The molecule has 6 nitrogen and oxygen atoms in total. The second kappa shape index (κ2) is 8.52. The van der Waals surface area contributed by atoms with Crippen LogP contribution in [0.5, 0.6) is 5.75 Å². The Morgan fingerprint density at radius 1 is 1.42 bits per heavy atom. The average Bonchev–Trinajstić information content (AvgIpc) is 2.57. The number of sulfonamides is 1. The molecule has 0 amide bonds. The van der Waals surface area contributed by atoms with Gasteiger partial charge in [-0.05, 0) is 45.6 Å². The molecule has 0 aliphatic carbocycles. The van der Waals surface area contributed by atoms with Crippen molar-refractivity contribution in [1.82, 2.24) is 9.21 Å². The molecular formula is C19H30N2O4S. The summed E-state index contributed by atoms with van der Waals surface area (Å²) in [7, 11) is 0.178. The highest BCUT2D eigenvalue weighted by Gasteiger charge is 2.37. The number of likely N-dealkylation sites (N-methyl/N-ethyl adjacent to an activating group) is 1. The predicted molar refractivity (Wildman–Crippen MR) is 104 cm³/mol. The van der Waals surface area contributed by atoms with Crippen LogP contribution in [0, 0.1) is 5.92 Å². The van der Waals surface area contributed by atoms with E-state index in [9.17, 15) is 13.5 Å². The summed E-state index contributed by atoms with van der Waals surface area (Å²) < 4.78 is 34.1. The highest BCUT2D eigenvalue weighted by atomic mass is 32.2. The molecule has 1 aromatic rings. The summed E-state index contributed by atoms with van der Waals surface area (Å²) in [4.78, 5) is 2.19. The number of hydrogen-bond donors (Lipinski definition) is 1. The minimum Gasteiger partial charge on any atom is -0.487 e. The van der Waals surface area contributed by atoms with Gasteiger partial charge in [-0.3, -0.25) is 0 Å². The molecule has 3 atom stereocenters. The molecular weight excluding hydrogens is 352 g/mol. The highest BCUT2D eigenvalue weighted by molar-refractivity contribution is 7.89. The first-order chi connectivity index (χ1) is 12.2. The van der Waals surface area contributed by atoms with Crippen LogP contribution < -0.4 is 4.74 Å². The van der Waals surface area contributed by atoms with Gasteiger partial charge in [0.2, 0.25) is 10.0 Å². The number of aliphatic hydroxyl groups is 1. The third-order valence-corrected chi connectivity index (χ3v) is 6.61. The molecule has 0 aromatic heterocycles. The summed E-state index contributed by atoms with van der Waals surface area (Å²) in [6, 6.07) is 4.64. The third kappa shape index (κ3) is 4.46. The van der Waals surface area contributed by atoms with Crippen LogP contribution in [-0.4, -0.2) is 68.7 Å². The topological polar surface area (TPSA) is 70.1 Å². The van der Waals surface area contributed by atoms with E-state index in [0.29, 0.717) is 18.8 Å². The number of ether oxygens (including phenoxy) is 1. The van der Waals surface area contributed by atoms with Crippen LogP contribution in [-0.2, 0) is 10.0 Å². The Balaban J connectivity index is 2.61. The van der Waals surface area contributed by atoms with E-state index in [1.54, 1.807) is 25.1 Å². The van der Waals surface area contributed by atoms with Crippen molar-refractivity contribution in [3.05, 3.63) is 29.8 Å². The number of nitrogens with zero attached hydrogens (tertiary/aromatic N) is 2. The van der Waals surface area contributed by atoms with Crippen molar-refractivity contribution in [2.24, 2.45) is 5.92 Å². The maximum Gasteiger partial charge on any atom is 0.247 e. The maximum absolute atomic E-state index is 13.2. The molecule has 7 heteroatoms. The zero-order valence-corrected chi connectivity index (χ0v) is 17.0. The van der Waals surface area contributed by atoms with E-state index >= 15 is 0 Å². The zero-order valence-electron chi connectivity index (χ0n) is 16.2. The molecule has 146 valence electrons. The normalized spacial score (nSPS) is 24.7. The van der Waals surface area contributed by atoms with Gasteiger partial charge in [0.15, 0.2) is 0 Å². The van der Waals surface area contributed by atoms with Crippen molar-refractivity contribution >= 4 is 16.1 Å². The van der Waals surface area contributed by atoms with E-state index in [4.69, 9.17) is 4.74 Å². The predicted octanol–water partition coefficient (Wildman–Crippen LogP) is 2.05. The first-order valence-corrected chi connectivity index (χ1v) is 10.4. The van der Waals surface area contributed by atoms with Gasteiger partial charge in [-0.15, -0.1) is 0 Å². The first-order valence-electron chi connectivity index (χ1n) is 8.91. The lowest BCUT2D eigenvalue weighted by molar-refractivity contribution is 0.0812. The molecule has 2 rings (SSSR count). The van der Waals surface area contributed by atoms with E-state index in [1.165, 1.54) is 4.31 Å². The van der Waals surface area contributed by atoms with Gasteiger partial charge in [-0.2, -0.15) is 4.31 Å². The largest absolute Gasteiger partial charge is 0.487 e. The summed E-state index contributed by atoms with van der Waals surface area (Å²) in [5.41, 5.74) is 0.889. The number of hydrogen-bond acceptors (Lipinski definition) is 5. The molecule has 0 unspecified atom stereocenters. The van der Waals surface area contributed by atoms with E-state index in [2.05, 4.69) is 0 Å². The molecule has 0 saturated carbocycles. The second-order valence-electron chi connectivity index (χ2n) is 7.21. The Morgan fingerprint density at radius 2 is 2.12 bits per heavy atom. The Bertz CT molecular complexity index is 746. The Kier molecular flexibility index (Phi) is 6.85. The number of benzene rings is 1. The van der Waals surface area contributed by atoms with Crippen LogP contribution in [0.3, 0.4) is 0 Å². The highest BCUT2D eigenvalue weighted by Crippen LogP contribution is 2.34. The number of fused-ring (bicyclic) bond motifs is 1. The molecule has 1 aliphatic heterocycles. The van der Waals surface area contributed by atoms with E-state index in [0.717, 1.165) is 5.56 Å². The summed E-state index contributed by atoms with van der Waals surface area (Å²) in [5.74, 6) is 0.342.